The van der Waals surface area contributed by atoms with Crippen molar-refractivity contribution in [3.05, 3.63) is 59.7 Å². The lowest BCUT2D eigenvalue weighted by atomic mass is 9.75. The molecule has 0 saturated heterocycles. The molecule has 0 aliphatic heterocycles. The van der Waals surface area contributed by atoms with Gasteiger partial charge >= 0.3 is 0 Å². The van der Waals surface area contributed by atoms with E-state index in [0.29, 0.717) is 11.5 Å². The van der Waals surface area contributed by atoms with E-state index in [1.165, 1.54) is 49.8 Å². The quantitative estimate of drug-likeness (QED) is 0.633. The van der Waals surface area contributed by atoms with Crippen molar-refractivity contribution >= 4 is 0 Å². The molecular weight excluding hydrogens is 302 g/mol. The van der Waals surface area contributed by atoms with Crippen LogP contribution in [-0.4, -0.2) is 0 Å². The van der Waals surface area contributed by atoms with E-state index in [2.05, 4.69) is 12.1 Å². The van der Waals surface area contributed by atoms with Gasteiger partial charge in [-0.25, -0.2) is 8.78 Å². The van der Waals surface area contributed by atoms with Gasteiger partial charge in [-0.1, -0.05) is 24.3 Å². The molecule has 5 rings (SSSR count). The van der Waals surface area contributed by atoms with Gasteiger partial charge < -0.3 is 0 Å². The second-order valence-electron chi connectivity index (χ2n) is 8.00. The molecule has 0 aromatic heterocycles. The lowest BCUT2D eigenvalue weighted by molar-refractivity contribution is 0.261. The summed E-state index contributed by atoms with van der Waals surface area (Å²) in [7, 11) is 0. The van der Waals surface area contributed by atoms with Crippen LogP contribution in [0.15, 0.2) is 42.5 Å². The fourth-order valence-corrected chi connectivity index (χ4v) is 5.02. The van der Waals surface area contributed by atoms with E-state index in [4.69, 9.17) is 0 Å². The summed E-state index contributed by atoms with van der Waals surface area (Å²) in [6.07, 6.45) is 6.84. The van der Waals surface area contributed by atoms with Crippen LogP contribution in [0.5, 0.6) is 0 Å². The third-order valence-corrected chi connectivity index (χ3v) is 6.68. The molecule has 0 bridgehead atoms. The molecule has 24 heavy (non-hydrogen) atoms. The summed E-state index contributed by atoms with van der Waals surface area (Å²) in [5.74, 6) is 4.19. The van der Waals surface area contributed by atoms with Crippen molar-refractivity contribution in [3.63, 3.8) is 0 Å². The smallest absolute Gasteiger partial charge is 0.131 e. The monoisotopic (exact) mass is 324 g/mol. The Morgan fingerprint density at radius 2 is 1.50 bits per heavy atom. The minimum absolute atomic E-state index is 0.346. The molecule has 2 atom stereocenters. The van der Waals surface area contributed by atoms with Crippen LogP contribution in [0.1, 0.15) is 43.6 Å². The average molecular weight is 324 g/mol. The molecule has 0 heterocycles. The first kappa shape index (κ1) is 14.6. The van der Waals surface area contributed by atoms with Gasteiger partial charge in [-0.15, -0.1) is 0 Å². The van der Waals surface area contributed by atoms with Gasteiger partial charge in [-0.3, -0.25) is 0 Å². The van der Waals surface area contributed by atoms with E-state index in [1.54, 1.807) is 0 Å². The van der Waals surface area contributed by atoms with Gasteiger partial charge in [0.1, 0.15) is 11.6 Å². The summed E-state index contributed by atoms with van der Waals surface area (Å²) in [5.41, 5.74) is 2.45. The zero-order valence-electron chi connectivity index (χ0n) is 13.7. The second-order valence-corrected chi connectivity index (χ2v) is 8.00. The summed E-state index contributed by atoms with van der Waals surface area (Å²) in [6.45, 7) is 0. The Kier molecular flexibility index (Phi) is 3.29. The Bertz CT molecular complexity index is 748. The number of fused-ring (bicyclic) bond motifs is 1. The Balaban J connectivity index is 1.29. The molecule has 0 amide bonds. The topological polar surface area (TPSA) is 0 Å². The molecule has 2 aromatic rings. The van der Waals surface area contributed by atoms with Crippen LogP contribution in [0.25, 0.3) is 11.1 Å². The minimum Gasteiger partial charge on any atom is -0.207 e. The Labute approximate surface area is 141 Å². The maximum Gasteiger partial charge on any atom is 0.131 e. The van der Waals surface area contributed by atoms with E-state index in [9.17, 15) is 8.78 Å². The van der Waals surface area contributed by atoms with E-state index >= 15 is 0 Å². The van der Waals surface area contributed by atoms with Crippen molar-refractivity contribution in [1.29, 1.82) is 0 Å². The third kappa shape index (κ3) is 2.47. The third-order valence-electron chi connectivity index (χ3n) is 6.68. The normalized spacial score (nSPS) is 33.8. The van der Waals surface area contributed by atoms with E-state index in [0.717, 1.165) is 35.3 Å². The zero-order valence-corrected chi connectivity index (χ0v) is 13.7. The highest BCUT2D eigenvalue weighted by atomic mass is 19.1. The largest absolute Gasteiger partial charge is 0.207 e. The summed E-state index contributed by atoms with van der Waals surface area (Å²) < 4.78 is 27.3. The van der Waals surface area contributed by atoms with Crippen molar-refractivity contribution < 1.29 is 8.78 Å². The van der Waals surface area contributed by atoms with E-state index < -0.39 is 5.82 Å². The Morgan fingerprint density at radius 1 is 0.792 bits per heavy atom. The van der Waals surface area contributed by atoms with Crippen LogP contribution in [-0.2, 0) is 0 Å². The molecule has 3 aliphatic rings. The molecule has 3 aliphatic carbocycles. The van der Waals surface area contributed by atoms with Gasteiger partial charge in [-0.2, -0.15) is 0 Å². The highest BCUT2D eigenvalue weighted by molar-refractivity contribution is 5.64. The van der Waals surface area contributed by atoms with Crippen LogP contribution in [0, 0.1) is 35.3 Å². The molecule has 3 fully saturated rings. The molecular formula is C22H22F2. The SMILES string of the molecule is Fc1ccc(F)c(-c2ccc([C@H]3CC[C@H](C4C5CC54)CC3)cc2)c1. The number of halogens is 2. The second kappa shape index (κ2) is 5.40. The minimum atomic E-state index is -0.396. The highest BCUT2D eigenvalue weighted by Gasteiger charge is 2.66. The van der Waals surface area contributed by atoms with Gasteiger partial charge in [0.2, 0.25) is 0 Å². The average Bonchev–Trinajstić information content (AvgIpc) is 3.50. The molecule has 2 heteroatoms. The molecule has 3 saturated carbocycles. The summed E-state index contributed by atoms with van der Waals surface area (Å²) in [5, 5.41) is 0. The summed E-state index contributed by atoms with van der Waals surface area (Å²) >= 11 is 0. The fourth-order valence-electron chi connectivity index (χ4n) is 5.02. The number of hydrogen-bond acceptors (Lipinski definition) is 0. The summed E-state index contributed by atoms with van der Waals surface area (Å²) in [6, 6.07) is 11.7. The molecule has 0 spiro atoms. The first-order valence-electron chi connectivity index (χ1n) is 9.26. The molecule has 124 valence electrons. The van der Waals surface area contributed by atoms with Gasteiger partial charge in [0.05, 0.1) is 0 Å². The highest BCUT2D eigenvalue weighted by Crippen LogP contribution is 2.72. The number of hydrogen-bond donors (Lipinski definition) is 0. The zero-order chi connectivity index (χ0) is 16.3. The van der Waals surface area contributed by atoms with Crippen LogP contribution in [0.3, 0.4) is 0 Å². The van der Waals surface area contributed by atoms with Gasteiger partial charge in [0.15, 0.2) is 0 Å². The summed E-state index contributed by atoms with van der Waals surface area (Å²) in [4.78, 5) is 0. The predicted molar refractivity (Wildman–Crippen MR) is 91.6 cm³/mol. The molecule has 2 unspecified atom stereocenters. The van der Waals surface area contributed by atoms with E-state index in [1.807, 2.05) is 12.1 Å². The molecule has 0 radical (unpaired) electrons. The maximum atomic E-state index is 13.9. The first-order chi connectivity index (χ1) is 11.7. The van der Waals surface area contributed by atoms with Crippen molar-refractivity contribution in [1.82, 2.24) is 0 Å². The van der Waals surface area contributed by atoms with Crippen molar-refractivity contribution in [2.24, 2.45) is 23.7 Å². The van der Waals surface area contributed by atoms with Crippen molar-refractivity contribution in [2.45, 2.75) is 38.0 Å². The molecule has 0 nitrogen and oxygen atoms in total. The predicted octanol–water partition coefficient (Wildman–Crippen LogP) is 6.17. The lowest BCUT2D eigenvalue weighted by Crippen LogP contribution is -2.17. The van der Waals surface area contributed by atoms with Gasteiger partial charge in [-0.05, 0) is 91.0 Å². The Hall–Kier alpha value is -1.70. The molecule has 0 N–H and O–H groups in total. The van der Waals surface area contributed by atoms with Gasteiger partial charge in [0.25, 0.3) is 0 Å². The van der Waals surface area contributed by atoms with Crippen LogP contribution < -0.4 is 0 Å². The fraction of sp³-hybridized carbons (Fsp3) is 0.455. The number of rotatable bonds is 3. The lowest BCUT2D eigenvalue weighted by Gasteiger charge is -2.30. The standard InChI is InChI=1S/C22H22F2/c23-17-9-10-21(24)18(11-17)15-5-1-13(2-6-15)14-3-7-16(8-4-14)22-19-12-20(19)22/h1-2,5-6,9-11,14,16,19-20,22H,3-4,7-8,12H2/t14-,16-,19?,20?,22?. The maximum absolute atomic E-state index is 13.9. The van der Waals surface area contributed by atoms with Crippen LogP contribution >= 0.6 is 0 Å². The van der Waals surface area contributed by atoms with Crippen molar-refractivity contribution in [3.8, 4) is 11.1 Å². The first-order valence-corrected chi connectivity index (χ1v) is 9.26. The molecule has 2 aromatic carbocycles. The van der Waals surface area contributed by atoms with Crippen LogP contribution in [0.2, 0.25) is 0 Å². The van der Waals surface area contributed by atoms with Crippen molar-refractivity contribution in [2.75, 3.05) is 0 Å². The number of benzene rings is 2. The van der Waals surface area contributed by atoms with Gasteiger partial charge in [0, 0.05) is 5.56 Å². The van der Waals surface area contributed by atoms with Crippen LogP contribution in [0.4, 0.5) is 8.78 Å². The Morgan fingerprint density at radius 3 is 2.12 bits per heavy atom. The van der Waals surface area contributed by atoms with E-state index in [-0.39, 0.29) is 5.82 Å².